The monoisotopic (exact) mass is 292 g/mol. The van der Waals surface area contributed by atoms with Crippen LogP contribution in [0.4, 0.5) is 17.6 Å². The molecule has 0 unspecified atom stereocenters. The third-order valence-electron chi connectivity index (χ3n) is 3.79. The van der Waals surface area contributed by atoms with E-state index in [0.717, 1.165) is 6.07 Å². The van der Waals surface area contributed by atoms with Gasteiger partial charge in [-0.2, -0.15) is 0 Å². The molecular formula is C17H12F4. The van der Waals surface area contributed by atoms with Gasteiger partial charge in [-0.25, -0.2) is 17.6 Å². The molecule has 0 fully saturated rings. The third kappa shape index (κ3) is 2.06. The van der Waals surface area contributed by atoms with Gasteiger partial charge >= 0.3 is 0 Å². The smallest absolute Gasteiger partial charge is 0.167 e. The lowest BCUT2D eigenvalue weighted by atomic mass is 9.99. The maximum absolute atomic E-state index is 14.3. The van der Waals surface area contributed by atoms with Gasteiger partial charge in [-0.3, -0.25) is 0 Å². The molecule has 4 heteroatoms. The Bertz CT molecular complexity index is 747. The minimum Gasteiger partial charge on any atom is -0.204 e. The largest absolute Gasteiger partial charge is 0.204 e. The fourth-order valence-electron chi connectivity index (χ4n) is 2.80. The summed E-state index contributed by atoms with van der Waals surface area (Å²) >= 11 is 0. The van der Waals surface area contributed by atoms with Gasteiger partial charge in [0.25, 0.3) is 0 Å². The molecular weight excluding hydrogens is 280 g/mol. The molecule has 2 aromatic carbocycles. The van der Waals surface area contributed by atoms with Gasteiger partial charge in [0.2, 0.25) is 0 Å². The van der Waals surface area contributed by atoms with Crippen molar-refractivity contribution in [3.63, 3.8) is 0 Å². The van der Waals surface area contributed by atoms with Crippen LogP contribution in [-0.2, 0) is 12.8 Å². The van der Waals surface area contributed by atoms with Crippen molar-refractivity contribution in [1.29, 1.82) is 0 Å². The standard InChI is InChI=1S/C17H12F4/c1-2-3-4-10-8-11-7-9-5-6-12(18)16(20)13(9)14(11)17(21)15(10)19/h2,5-6,8H,1,3-4,7H2. The van der Waals surface area contributed by atoms with Crippen LogP contribution in [0, 0.1) is 23.3 Å². The van der Waals surface area contributed by atoms with Gasteiger partial charge in [-0.1, -0.05) is 18.2 Å². The molecule has 0 amide bonds. The van der Waals surface area contributed by atoms with Crippen LogP contribution in [0.5, 0.6) is 0 Å². The summed E-state index contributed by atoms with van der Waals surface area (Å²) in [7, 11) is 0. The molecule has 1 aliphatic carbocycles. The molecule has 21 heavy (non-hydrogen) atoms. The molecule has 0 aromatic heterocycles. The van der Waals surface area contributed by atoms with Crippen LogP contribution in [0.1, 0.15) is 23.1 Å². The van der Waals surface area contributed by atoms with Crippen LogP contribution in [0.25, 0.3) is 11.1 Å². The van der Waals surface area contributed by atoms with Gasteiger partial charge in [0.05, 0.1) is 0 Å². The summed E-state index contributed by atoms with van der Waals surface area (Å²) in [5.74, 6) is -4.28. The second kappa shape index (κ2) is 5.02. The lowest BCUT2D eigenvalue weighted by Gasteiger charge is -2.09. The molecule has 0 aliphatic heterocycles. The summed E-state index contributed by atoms with van der Waals surface area (Å²) < 4.78 is 55.6. The number of halogens is 4. The summed E-state index contributed by atoms with van der Waals surface area (Å²) in [5.41, 5.74) is 0.897. The average molecular weight is 292 g/mol. The van der Waals surface area contributed by atoms with E-state index in [1.54, 1.807) is 6.08 Å². The van der Waals surface area contributed by atoms with Gasteiger partial charge in [0, 0.05) is 11.1 Å². The summed E-state index contributed by atoms with van der Waals surface area (Å²) in [5, 5.41) is 0. The predicted molar refractivity (Wildman–Crippen MR) is 73.0 cm³/mol. The van der Waals surface area contributed by atoms with Crippen molar-refractivity contribution in [3.05, 3.63) is 70.8 Å². The zero-order chi connectivity index (χ0) is 15.1. The summed E-state index contributed by atoms with van der Waals surface area (Å²) in [4.78, 5) is 0. The van der Waals surface area contributed by atoms with Crippen LogP contribution in [0.15, 0.2) is 30.9 Å². The molecule has 0 nitrogen and oxygen atoms in total. The first kappa shape index (κ1) is 13.9. The Morgan fingerprint density at radius 2 is 1.67 bits per heavy atom. The summed E-state index contributed by atoms with van der Waals surface area (Å²) in [6.45, 7) is 3.55. The highest BCUT2D eigenvalue weighted by Gasteiger charge is 2.30. The Kier molecular flexibility index (Phi) is 3.32. The van der Waals surface area contributed by atoms with Crippen LogP contribution in [-0.4, -0.2) is 0 Å². The highest BCUT2D eigenvalue weighted by Crippen LogP contribution is 2.42. The van der Waals surface area contributed by atoms with E-state index in [2.05, 4.69) is 6.58 Å². The number of fused-ring (bicyclic) bond motifs is 3. The first-order valence-corrected chi connectivity index (χ1v) is 6.62. The van der Waals surface area contributed by atoms with Crippen LogP contribution in [0.2, 0.25) is 0 Å². The minimum absolute atomic E-state index is 0.151. The molecule has 0 saturated heterocycles. The van der Waals surface area contributed by atoms with Gasteiger partial charge in [-0.15, -0.1) is 6.58 Å². The molecule has 2 aromatic rings. The van der Waals surface area contributed by atoms with Crippen molar-refractivity contribution >= 4 is 0 Å². The highest BCUT2D eigenvalue weighted by atomic mass is 19.2. The number of aryl methyl sites for hydroxylation is 1. The number of hydrogen-bond donors (Lipinski definition) is 0. The molecule has 1 aliphatic rings. The number of rotatable bonds is 3. The molecule has 0 heterocycles. The first-order valence-electron chi connectivity index (χ1n) is 6.62. The third-order valence-corrected chi connectivity index (χ3v) is 3.79. The van der Waals surface area contributed by atoms with Gasteiger partial charge in [0.1, 0.15) is 0 Å². The minimum atomic E-state index is -1.12. The highest BCUT2D eigenvalue weighted by molar-refractivity contribution is 5.78. The lowest BCUT2D eigenvalue weighted by molar-refractivity contribution is 0.495. The Morgan fingerprint density at radius 3 is 2.38 bits per heavy atom. The van der Waals surface area contributed by atoms with Crippen molar-refractivity contribution in [3.8, 4) is 11.1 Å². The average Bonchev–Trinajstić information content (AvgIpc) is 2.84. The molecule has 0 bridgehead atoms. The van der Waals surface area contributed by atoms with Crippen LogP contribution >= 0.6 is 0 Å². The van der Waals surface area contributed by atoms with Crippen molar-refractivity contribution in [2.45, 2.75) is 19.3 Å². The number of allylic oxidation sites excluding steroid dienone is 1. The van der Waals surface area contributed by atoms with E-state index in [1.165, 1.54) is 12.1 Å². The van der Waals surface area contributed by atoms with E-state index in [0.29, 0.717) is 24.0 Å². The topological polar surface area (TPSA) is 0 Å². The summed E-state index contributed by atoms with van der Waals surface area (Å²) in [6, 6.07) is 3.95. The molecule has 0 radical (unpaired) electrons. The SMILES string of the molecule is C=CCCc1cc2c(c(F)c1F)-c1c(ccc(F)c1F)C2. The zero-order valence-electron chi connectivity index (χ0n) is 11.1. The maximum atomic E-state index is 14.3. The van der Waals surface area contributed by atoms with Crippen molar-refractivity contribution in [1.82, 2.24) is 0 Å². The Labute approximate surface area is 119 Å². The van der Waals surface area contributed by atoms with E-state index in [4.69, 9.17) is 0 Å². The van der Waals surface area contributed by atoms with E-state index >= 15 is 0 Å². The quantitative estimate of drug-likeness (QED) is 0.474. The second-order valence-corrected chi connectivity index (χ2v) is 5.10. The zero-order valence-corrected chi connectivity index (χ0v) is 11.1. The fourth-order valence-corrected chi connectivity index (χ4v) is 2.80. The molecule has 108 valence electrons. The van der Waals surface area contributed by atoms with Crippen molar-refractivity contribution in [2.75, 3.05) is 0 Å². The van der Waals surface area contributed by atoms with E-state index < -0.39 is 23.3 Å². The molecule has 0 saturated carbocycles. The second-order valence-electron chi connectivity index (χ2n) is 5.10. The van der Waals surface area contributed by atoms with E-state index in [9.17, 15) is 17.6 Å². The lowest BCUT2D eigenvalue weighted by Crippen LogP contribution is -2.00. The first-order chi connectivity index (χ1) is 10.0. The van der Waals surface area contributed by atoms with Crippen LogP contribution < -0.4 is 0 Å². The molecule has 0 N–H and O–H groups in total. The molecule has 3 rings (SSSR count). The van der Waals surface area contributed by atoms with Gasteiger partial charge in [0.15, 0.2) is 23.3 Å². The van der Waals surface area contributed by atoms with Gasteiger partial charge < -0.3 is 0 Å². The Morgan fingerprint density at radius 1 is 0.952 bits per heavy atom. The van der Waals surface area contributed by atoms with E-state index in [1.807, 2.05) is 0 Å². The maximum Gasteiger partial charge on any atom is 0.167 e. The van der Waals surface area contributed by atoms with Crippen LogP contribution in [0.3, 0.4) is 0 Å². The Hall–Kier alpha value is -2.10. The fraction of sp³-hybridized carbons (Fsp3) is 0.176. The summed E-state index contributed by atoms with van der Waals surface area (Å²) in [6.07, 6.45) is 2.74. The number of hydrogen-bond acceptors (Lipinski definition) is 0. The molecule has 0 atom stereocenters. The van der Waals surface area contributed by atoms with E-state index in [-0.39, 0.29) is 23.1 Å². The number of benzene rings is 2. The van der Waals surface area contributed by atoms with Crippen molar-refractivity contribution in [2.24, 2.45) is 0 Å². The normalized spacial score (nSPS) is 12.2. The Balaban J connectivity index is 2.21. The van der Waals surface area contributed by atoms with Gasteiger partial charge in [-0.05, 0) is 42.0 Å². The predicted octanol–water partition coefficient (Wildman–Crippen LogP) is 4.93. The van der Waals surface area contributed by atoms with Crippen molar-refractivity contribution < 1.29 is 17.6 Å². The molecule has 0 spiro atoms.